The average Bonchev–Trinajstić information content (AvgIpc) is 2.68. The van der Waals surface area contributed by atoms with Crippen LogP contribution in [0.4, 0.5) is 5.69 Å². The molecule has 1 heterocycles. The molecule has 6 nitrogen and oxygen atoms in total. The standard InChI is InChI=1S/C22H29N3O3S/c1-16-8-9-20(14-18(16)3)29(27,28)25-12-10-24(11-13-25)15-22(26)23-21-7-5-6-17(2)19(21)4/h5-9,14H,10-13,15H2,1-4H3,(H,23,26)/p+1. The van der Waals surface area contributed by atoms with E-state index in [0.29, 0.717) is 37.6 Å². The van der Waals surface area contributed by atoms with E-state index >= 15 is 0 Å². The van der Waals surface area contributed by atoms with E-state index in [0.717, 1.165) is 32.8 Å². The molecular formula is C22H30N3O3S+. The molecule has 0 atom stereocenters. The molecule has 1 fully saturated rings. The van der Waals surface area contributed by atoms with Gasteiger partial charge in [-0.25, -0.2) is 8.42 Å². The molecule has 2 aromatic rings. The van der Waals surface area contributed by atoms with E-state index in [1.54, 1.807) is 12.1 Å². The van der Waals surface area contributed by atoms with E-state index in [1.165, 1.54) is 4.31 Å². The highest BCUT2D eigenvalue weighted by Crippen LogP contribution is 2.19. The first kappa shape index (κ1) is 21.5. The van der Waals surface area contributed by atoms with Gasteiger partial charge in [0, 0.05) is 5.69 Å². The van der Waals surface area contributed by atoms with E-state index in [-0.39, 0.29) is 5.91 Å². The SMILES string of the molecule is Cc1ccc(S(=O)(=O)N2CC[NH+](CC(=O)Nc3cccc(C)c3C)CC2)cc1C. The van der Waals surface area contributed by atoms with E-state index in [1.807, 2.05) is 52.0 Å². The number of hydrogen-bond acceptors (Lipinski definition) is 3. The zero-order valence-corrected chi connectivity index (χ0v) is 18.4. The number of aryl methyl sites for hydroxylation is 3. The molecule has 156 valence electrons. The van der Waals surface area contributed by atoms with Crippen LogP contribution in [-0.4, -0.2) is 51.4 Å². The fraction of sp³-hybridized carbons (Fsp3) is 0.409. The van der Waals surface area contributed by atoms with Crippen LogP contribution < -0.4 is 10.2 Å². The van der Waals surface area contributed by atoms with Crippen LogP contribution in [0.5, 0.6) is 0 Å². The van der Waals surface area contributed by atoms with Gasteiger partial charge < -0.3 is 10.2 Å². The minimum atomic E-state index is -3.49. The predicted octanol–water partition coefficient (Wildman–Crippen LogP) is 1.45. The first-order chi connectivity index (χ1) is 13.7. The number of rotatable bonds is 5. The summed E-state index contributed by atoms with van der Waals surface area (Å²) in [5.74, 6) is -0.0424. The average molecular weight is 417 g/mol. The van der Waals surface area contributed by atoms with Crippen molar-refractivity contribution < 1.29 is 18.1 Å². The molecule has 0 aromatic heterocycles. The normalized spacial score (nSPS) is 16.0. The fourth-order valence-electron chi connectivity index (χ4n) is 3.55. The van der Waals surface area contributed by atoms with E-state index in [4.69, 9.17) is 0 Å². The lowest BCUT2D eigenvalue weighted by Gasteiger charge is -2.31. The second-order valence-electron chi connectivity index (χ2n) is 7.87. The highest BCUT2D eigenvalue weighted by atomic mass is 32.2. The number of quaternary nitrogens is 1. The molecule has 29 heavy (non-hydrogen) atoms. The number of nitrogens with zero attached hydrogens (tertiary/aromatic N) is 1. The van der Waals surface area contributed by atoms with Crippen LogP contribution in [0.15, 0.2) is 41.3 Å². The van der Waals surface area contributed by atoms with E-state index in [2.05, 4.69) is 5.32 Å². The zero-order valence-electron chi connectivity index (χ0n) is 17.6. The van der Waals surface area contributed by atoms with Crippen molar-refractivity contribution in [2.24, 2.45) is 0 Å². The van der Waals surface area contributed by atoms with Crippen LogP contribution in [0.25, 0.3) is 0 Å². The maximum Gasteiger partial charge on any atom is 0.279 e. The van der Waals surface area contributed by atoms with Crippen LogP contribution in [0.2, 0.25) is 0 Å². The number of anilines is 1. The molecule has 0 aliphatic carbocycles. The number of benzene rings is 2. The number of amides is 1. The summed E-state index contributed by atoms with van der Waals surface area (Å²) in [4.78, 5) is 13.9. The summed E-state index contributed by atoms with van der Waals surface area (Å²) in [7, 11) is -3.49. The van der Waals surface area contributed by atoms with Gasteiger partial charge in [0.2, 0.25) is 10.0 Å². The van der Waals surface area contributed by atoms with Gasteiger partial charge in [-0.15, -0.1) is 0 Å². The number of carbonyl (C=O) groups is 1. The largest absolute Gasteiger partial charge is 0.325 e. The van der Waals surface area contributed by atoms with E-state index in [9.17, 15) is 13.2 Å². The topological polar surface area (TPSA) is 70.9 Å². The molecule has 7 heteroatoms. The van der Waals surface area contributed by atoms with Gasteiger partial charge in [0.15, 0.2) is 6.54 Å². The van der Waals surface area contributed by atoms with E-state index < -0.39 is 10.0 Å². The van der Waals surface area contributed by atoms with Crippen molar-refractivity contribution in [2.75, 3.05) is 38.0 Å². The van der Waals surface area contributed by atoms with Crippen molar-refractivity contribution >= 4 is 21.6 Å². The highest BCUT2D eigenvalue weighted by Gasteiger charge is 2.31. The molecule has 1 amide bonds. The lowest BCUT2D eigenvalue weighted by atomic mass is 10.1. The molecule has 0 radical (unpaired) electrons. The maximum absolute atomic E-state index is 12.9. The van der Waals surface area contributed by atoms with Crippen LogP contribution in [0.3, 0.4) is 0 Å². The number of piperazine rings is 1. The first-order valence-corrected chi connectivity index (χ1v) is 11.4. The van der Waals surface area contributed by atoms with Crippen molar-refractivity contribution in [1.82, 2.24) is 4.31 Å². The number of carbonyl (C=O) groups excluding carboxylic acids is 1. The molecule has 3 rings (SSSR count). The summed E-state index contributed by atoms with van der Waals surface area (Å²) in [6.45, 7) is 10.3. The first-order valence-electron chi connectivity index (χ1n) is 9.95. The van der Waals surface area contributed by atoms with Gasteiger partial charge in [0.1, 0.15) is 0 Å². The van der Waals surface area contributed by atoms with Gasteiger partial charge in [0.05, 0.1) is 31.1 Å². The Morgan fingerprint density at radius 3 is 2.34 bits per heavy atom. The molecular weight excluding hydrogens is 386 g/mol. The summed E-state index contributed by atoms with van der Waals surface area (Å²) in [5.41, 5.74) is 5.09. The number of sulfonamides is 1. The second-order valence-corrected chi connectivity index (χ2v) is 9.81. The minimum Gasteiger partial charge on any atom is -0.325 e. The molecule has 1 aliphatic rings. The third-order valence-electron chi connectivity index (χ3n) is 5.83. The quantitative estimate of drug-likeness (QED) is 0.775. The Labute approximate surface area is 173 Å². The third kappa shape index (κ3) is 4.86. The summed E-state index contributed by atoms with van der Waals surface area (Å²) in [6.07, 6.45) is 0. The Hall–Kier alpha value is -2.22. The van der Waals surface area contributed by atoms with Gasteiger partial charge in [-0.3, -0.25) is 4.79 Å². The van der Waals surface area contributed by atoms with Crippen LogP contribution in [0.1, 0.15) is 22.3 Å². The Morgan fingerprint density at radius 1 is 1.00 bits per heavy atom. The molecule has 2 aromatic carbocycles. The van der Waals surface area contributed by atoms with Gasteiger partial charge in [-0.2, -0.15) is 4.31 Å². The zero-order chi connectivity index (χ0) is 21.2. The van der Waals surface area contributed by atoms with Crippen molar-refractivity contribution in [2.45, 2.75) is 32.6 Å². The Balaban J connectivity index is 1.58. The van der Waals surface area contributed by atoms with Crippen molar-refractivity contribution in [1.29, 1.82) is 0 Å². The predicted molar refractivity (Wildman–Crippen MR) is 115 cm³/mol. The lowest BCUT2D eigenvalue weighted by Crippen LogP contribution is -3.15. The Bertz CT molecular complexity index is 1010. The van der Waals surface area contributed by atoms with Crippen molar-refractivity contribution in [3.8, 4) is 0 Å². The van der Waals surface area contributed by atoms with Gasteiger partial charge in [-0.05, 0) is 68.1 Å². The van der Waals surface area contributed by atoms with Crippen molar-refractivity contribution in [3.63, 3.8) is 0 Å². The molecule has 0 unspecified atom stereocenters. The second kappa shape index (κ2) is 8.65. The Kier molecular flexibility index (Phi) is 6.41. The van der Waals surface area contributed by atoms with Gasteiger partial charge in [0.25, 0.3) is 5.91 Å². The monoisotopic (exact) mass is 416 g/mol. The minimum absolute atomic E-state index is 0.0424. The summed E-state index contributed by atoms with van der Waals surface area (Å²) >= 11 is 0. The molecule has 1 saturated heterocycles. The lowest BCUT2D eigenvalue weighted by molar-refractivity contribution is -0.895. The molecule has 2 N–H and O–H groups in total. The van der Waals surface area contributed by atoms with Crippen LogP contribution in [0, 0.1) is 27.7 Å². The highest BCUT2D eigenvalue weighted by molar-refractivity contribution is 7.89. The smallest absolute Gasteiger partial charge is 0.279 e. The Morgan fingerprint density at radius 2 is 1.69 bits per heavy atom. The summed E-state index contributed by atoms with van der Waals surface area (Å²) in [6, 6.07) is 11.1. The summed E-state index contributed by atoms with van der Waals surface area (Å²) < 4.78 is 27.4. The van der Waals surface area contributed by atoms with Gasteiger partial charge >= 0.3 is 0 Å². The molecule has 0 saturated carbocycles. The molecule has 0 spiro atoms. The number of nitrogens with one attached hydrogen (secondary N) is 2. The van der Waals surface area contributed by atoms with Crippen LogP contribution in [-0.2, 0) is 14.8 Å². The van der Waals surface area contributed by atoms with Crippen LogP contribution >= 0.6 is 0 Å². The number of hydrogen-bond donors (Lipinski definition) is 2. The summed E-state index contributed by atoms with van der Waals surface area (Å²) in [5, 5.41) is 2.99. The maximum atomic E-state index is 12.9. The fourth-order valence-corrected chi connectivity index (χ4v) is 5.08. The molecule has 1 aliphatic heterocycles. The molecule has 0 bridgehead atoms. The van der Waals surface area contributed by atoms with Crippen molar-refractivity contribution in [3.05, 3.63) is 58.7 Å². The van der Waals surface area contributed by atoms with Gasteiger partial charge in [-0.1, -0.05) is 18.2 Å². The third-order valence-corrected chi connectivity index (χ3v) is 7.73.